The molecule has 0 spiro atoms. The van der Waals surface area contributed by atoms with Crippen LogP contribution in [0.4, 0.5) is 31.0 Å². The van der Waals surface area contributed by atoms with Crippen LogP contribution in [0, 0.1) is 52.1 Å². The van der Waals surface area contributed by atoms with Gasteiger partial charge in [-0.1, -0.05) is 11.6 Å². The minimum atomic E-state index is -0.251. The molecule has 20 nitrogen and oxygen atoms in total. The Morgan fingerprint density at radius 1 is 0.494 bits per heavy atom. The Hall–Kier alpha value is -10.2. The van der Waals surface area contributed by atoms with E-state index in [0.29, 0.717) is 97.5 Å². The number of ether oxygens (including phenoxy) is 3. The van der Waals surface area contributed by atoms with Crippen LogP contribution in [0.2, 0.25) is 5.02 Å². The topological polar surface area (TPSA) is 211 Å². The zero-order valence-corrected chi connectivity index (χ0v) is 49.0. The van der Waals surface area contributed by atoms with Crippen LogP contribution < -0.4 is 30.2 Å². The molecule has 87 heavy (non-hydrogen) atoms. The molecule has 0 saturated carbocycles. The van der Waals surface area contributed by atoms with Gasteiger partial charge < -0.3 is 30.2 Å². The van der Waals surface area contributed by atoms with Gasteiger partial charge >= 0.3 is 0 Å². The summed E-state index contributed by atoms with van der Waals surface area (Å²) in [6, 6.07) is 13.2. The second kappa shape index (κ2) is 23.4. The maximum Gasteiger partial charge on any atom is 0.208 e. The predicted molar refractivity (Wildman–Crippen MR) is 323 cm³/mol. The summed E-state index contributed by atoms with van der Waals surface area (Å²) in [6.45, 7) is 12.3. The van der Waals surface area contributed by atoms with Crippen molar-refractivity contribution >= 4 is 46.4 Å². The molecule has 3 aliphatic rings. The van der Waals surface area contributed by atoms with Gasteiger partial charge in [-0.3, -0.25) is 22.9 Å². The lowest BCUT2D eigenvalue weighted by molar-refractivity contribution is 0.356. The number of hydrogen-bond donors (Lipinski definition) is 3. The zero-order chi connectivity index (χ0) is 60.0. The van der Waals surface area contributed by atoms with Crippen LogP contribution >= 0.6 is 11.6 Å². The van der Waals surface area contributed by atoms with E-state index in [0.717, 1.165) is 114 Å². The van der Waals surface area contributed by atoms with Crippen molar-refractivity contribution in [2.45, 2.75) is 73.5 Å². The second-order valence-corrected chi connectivity index (χ2v) is 21.7. The first-order valence-electron chi connectivity index (χ1n) is 28.2. The molecule has 9 aromatic heterocycles. The molecule has 0 fully saturated rings. The first-order chi connectivity index (χ1) is 42.2. The van der Waals surface area contributed by atoms with Gasteiger partial charge in [-0.2, -0.15) is 5.10 Å². The average Bonchev–Trinajstić information content (AvgIpc) is 2.71. The summed E-state index contributed by atoms with van der Waals surface area (Å²) in [4.78, 5) is 40.2. The molecule has 0 amide bonds. The second-order valence-electron chi connectivity index (χ2n) is 21.2. The third-order valence-electron chi connectivity index (χ3n) is 15.5. The highest BCUT2D eigenvalue weighted by Gasteiger charge is 2.25. The minimum Gasteiger partial charge on any atom is -0.493 e. The number of imidazole rings is 3. The summed E-state index contributed by atoms with van der Waals surface area (Å²) >= 11 is 6.34. The van der Waals surface area contributed by atoms with E-state index in [9.17, 15) is 13.2 Å². The summed E-state index contributed by atoms with van der Waals surface area (Å²) < 4.78 is 67.5. The van der Waals surface area contributed by atoms with E-state index >= 15 is 0 Å². The van der Waals surface area contributed by atoms with E-state index in [1.165, 1.54) is 24.5 Å². The molecule has 3 aliphatic heterocycles. The smallest absolute Gasteiger partial charge is 0.208 e. The number of pyridine rings is 1. The van der Waals surface area contributed by atoms with Crippen molar-refractivity contribution in [2.24, 2.45) is 7.05 Å². The fraction of sp³-hybridized carbons (Fsp3) is 0.238. The van der Waals surface area contributed by atoms with Crippen LogP contribution in [0.25, 0.3) is 50.5 Å². The number of aromatic nitrogens is 14. The number of halogens is 4. The van der Waals surface area contributed by atoms with Crippen molar-refractivity contribution in [3.8, 4) is 50.8 Å². The summed E-state index contributed by atoms with van der Waals surface area (Å²) in [5.41, 5.74) is 16.3. The van der Waals surface area contributed by atoms with Gasteiger partial charge in [0.25, 0.3) is 0 Å². The molecule has 12 aromatic rings. The monoisotopic (exact) mass is 1190 g/mol. The predicted octanol–water partition coefficient (Wildman–Crippen LogP) is 11.4. The number of nitrogens with zero attached hydrogens (tertiary/aromatic N) is 14. The maximum absolute atomic E-state index is 14.5. The molecule has 24 heteroatoms. The number of nitrogens with one attached hydrogen (secondary N) is 3. The molecular weight excluding hydrogens is 1140 g/mol. The molecule has 0 unspecified atom stereocenters. The van der Waals surface area contributed by atoms with E-state index < -0.39 is 0 Å². The van der Waals surface area contributed by atoms with E-state index in [-0.39, 0.29) is 17.5 Å². The lowest BCUT2D eigenvalue weighted by Crippen LogP contribution is -2.10. The van der Waals surface area contributed by atoms with Gasteiger partial charge in [0.1, 0.15) is 52.3 Å². The fourth-order valence-corrected chi connectivity index (χ4v) is 11.6. The number of aryl methyl sites for hydroxylation is 6. The van der Waals surface area contributed by atoms with Crippen molar-refractivity contribution in [2.75, 3.05) is 35.8 Å². The number of fused-ring (bicyclic) bond motifs is 6. The molecule has 3 aromatic carbocycles. The van der Waals surface area contributed by atoms with E-state index in [1.807, 2.05) is 84.2 Å². The van der Waals surface area contributed by atoms with Crippen LogP contribution in [0.3, 0.4) is 0 Å². The third-order valence-corrected chi connectivity index (χ3v) is 15.8. The van der Waals surface area contributed by atoms with Gasteiger partial charge in [-0.15, -0.1) is 0 Å². The summed E-state index contributed by atoms with van der Waals surface area (Å²) in [5.74, 6) is 3.32. The van der Waals surface area contributed by atoms with Crippen LogP contribution in [0.1, 0.15) is 61.9 Å². The fourth-order valence-electron chi connectivity index (χ4n) is 11.4. The lowest BCUT2D eigenvalue weighted by Gasteiger charge is -2.13. The van der Waals surface area contributed by atoms with Crippen molar-refractivity contribution in [1.82, 2.24) is 67.8 Å². The quantitative estimate of drug-likeness (QED) is 0.104. The Morgan fingerprint density at radius 3 is 1.34 bits per heavy atom. The molecule has 0 atom stereocenters. The minimum absolute atomic E-state index is 0.234. The van der Waals surface area contributed by atoms with Gasteiger partial charge in [-0.25, -0.2) is 53.0 Å². The van der Waals surface area contributed by atoms with Crippen LogP contribution in [-0.2, 0) is 45.9 Å². The Morgan fingerprint density at radius 2 is 0.920 bits per heavy atom. The van der Waals surface area contributed by atoms with E-state index in [4.69, 9.17) is 25.8 Å². The molecule has 0 radical (unpaired) electrons. The van der Waals surface area contributed by atoms with Gasteiger partial charge in [0.05, 0.1) is 58.9 Å². The molecule has 0 bridgehead atoms. The van der Waals surface area contributed by atoms with Crippen molar-refractivity contribution in [1.29, 1.82) is 0 Å². The molecule has 0 aliphatic carbocycles. The number of benzene rings is 3. The first-order valence-corrected chi connectivity index (χ1v) is 28.5. The van der Waals surface area contributed by atoms with Crippen molar-refractivity contribution in [3.63, 3.8) is 0 Å². The highest BCUT2D eigenvalue weighted by Crippen LogP contribution is 2.36. The van der Waals surface area contributed by atoms with E-state index in [2.05, 4.69) is 65.9 Å². The molecule has 0 saturated heterocycles. The van der Waals surface area contributed by atoms with Gasteiger partial charge in [0.2, 0.25) is 17.8 Å². The molecule has 3 N–H and O–H groups in total. The third kappa shape index (κ3) is 10.9. The highest BCUT2D eigenvalue weighted by atomic mass is 35.5. The molecule has 12 heterocycles. The molecule has 440 valence electrons. The van der Waals surface area contributed by atoms with Gasteiger partial charge in [0.15, 0.2) is 5.65 Å². The summed E-state index contributed by atoms with van der Waals surface area (Å²) in [7, 11) is 1.90. The molecular formula is C63H57ClF3N17O3. The van der Waals surface area contributed by atoms with Crippen molar-refractivity contribution in [3.05, 3.63) is 195 Å². The number of anilines is 3. The zero-order valence-electron chi connectivity index (χ0n) is 48.3. The number of rotatable bonds is 12. The van der Waals surface area contributed by atoms with Crippen molar-refractivity contribution < 1.29 is 27.4 Å². The Labute approximate surface area is 501 Å². The maximum atomic E-state index is 14.5. The SMILES string of the molecule is Cc1cn2c(NCc3c(F)ccc4c3CCO4)ncc(-c3cc(C)nn3C)c2n1.Cc1cn2c(NCc3c(F)ccc4c3CCO4)ncc(-c3cnccc3Cl)c2n1.Cc1cn2c(NCc3c(F)ccc4c3CCO4)ncc(-c3cncnc3C)c2n1. The Balaban J connectivity index is 0.000000121. The van der Waals surface area contributed by atoms with Crippen LogP contribution in [0.15, 0.2) is 111 Å². The largest absolute Gasteiger partial charge is 0.493 e. The Bertz CT molecular complexity index is 4440. The highest BCUT2D eigenvalue weighted by molar-refractivity contribution is 6.33. The van der Waals surface area contributed by atoms with Crippen LogP contribution in [-0.4, -0.2) is 87.7 Å². The first kappa shape index (κ1) is 56.0. The summed E-state index contributed by atoms with van der Waals surface area (Å²) in [5, 5.41) is 14.8. The van der Waals surface area contributed by atoms with Gasteiger partial charge in [0, 0.05) is 163 Å². The lowest BCUT2D eigenvalue weighted by atomic mass is 10.0. The molecule has 15 rings (SSSR count). The summed E-state index contributed by atoms with van der Waals surface area (Å²) in [6.07, 6.45) is 19.7. The standard InChI is InChI=1S/C21H17ClFN5O.C21H21FN6O.C21H19FN6O/c1-12-11-28-20(27-12)16(14-8-24-6-4-17(14)22)10-26-21(28)25-9-15-13-5-7-29-19(13)3-2-18(15)23;1-12-8-18(27(3)26-12)16-10-24-21(28-11-13(2)25-20(16)28)23-9-15-14-6-7-29-19(14)5-4-17(15)22;1-12-10-28-20(27-12)17(15-7-23-11-26-13(15)2)9-25-21(28)24-8-16-14-5-6-29-19(14)4-3-18(16)22/h2-4,6,8,10-11H,5,7,9H2,1H3,(H,25,26);4-5,8,10-11H,6-7,9H2,1-3H3,(H,23,24);3-4,7,9-11H,5-6,8H2,1-2H3,(H,24,25). The van der Waals surface area contributed by atoms with Gasteiger partial charge in [-0.05, 0) is 83.1 Å². The number of hydrogen-bond acceptors (Lipinski definition) is 16. The van der Waals surface area contributed by atoms with E-state index in [1.54, 1.807) is 61.4 Å². The van der Waals surface area contributed by atoms with Crippen LogP contribution in [0.5, 0.6) is 17.2 Å². The Kier molecular flexibility index (Phi) is 15.0. The normalized spacial score (nSPS) is 12.9. The average molecular weight is 1190 g/mol.